The highest BCUT2D eigenvalue weighted by Gasteiger charge is 2.33. The van der Waals surface area contributed by atoms with Crippen LogP contribution < -0.4 is 0 Å². The number of nitro benzene ring substituents is 2. The van der Waals surface area contributed by atoms with Gasteiger partial charge in [-0.05, 0) is 12.2 Å². The van der Waals surface area contributed by atoms with Gasteiger partial charge in [-0.1, -0.05) is 24.3 Å². The fourth-order valence-corrected chi connectivity index (χ4v) is 2.95. The van der Waals surface area contributed by atoms with Crippen molar-refractivity contribution >= 4 is 34.8 Å². The first-order valence-electron chi connectivity index (χ1n) is 8.45. The van der Waals surface area contributed by atoms with Crippen molar-refractivity contribution in [1.82, 2.24) is 0 Å². The molecule has 0 amide bonds. The van der Waals surface area contributed by atoms with E-state index < -0.39 is 21.8 Å². The van der Waals surface area contributed by atoms with Crippen LogP contribution in [0.2, 0.25) is 0 Å². The second kappa shape index (κ2) is 7.09. The monoisotopic (exact) mass is 406 g/mol. The Kier molecular flexibility index (Phi) is 4.43. The van der Waals surface area contributed by atoms with E-state index in [0.29, 0.717) is 11.1 Å². The second-order valence-corrected chi connectivity index (χ2v) is 6.24. The molecular weight excluding hydrogens is 396 g/mol. The van der Waals surface area contributed by atoms with Gasteiger partial charge < -0.3 is 9.47 Å². The largest absolute Gasteiger partial charge is 0.422 e. The Morgan fingerprint density at radius 3 is 1.43 bits per heavy atom. The number of rotatable bonds is 4. The summed E-state index contributed by atoms with van der Waals surface area (Å²) in [5.74, 6) is -1.53. The van der Waals surface area contributed by atoms with E-state index in [2.05, 4.69) is 0 Å². The number of cyclic esters (lactones) is 2. The van der Waals surface area contributed by atoms with Crippen molar-refractivity contribution in [1.29, 1.82) is 0 Å². The summed E-state index contributed by atoms with van der Waals surface area (Å²) < 4.78 is 10.3. The van der Waals surface area contributed by atoms with E-state index in [9.17, 15) is 29.8 Å². The van der Waals surface area contributed by atoms with Gasteiger partial charge in [-0.15, -0.1) is 0 Å². The average molecular weight is 406 g/mol. The van der Waals surface area contributed by atoms with Crippen LogP contribution in [0.15, 0.2) is 71.8 Å². The highest BCUT2D eigenvalue weighted by atomic mass is 16.6. The molecule has 0 spiro atoms. The van der Waals surface area contributed by atoms with Gasteiger partial charge in [0, 0.05) is 35.4 Å². The molecule has 0 unspecified atom stereocenters. The highest BCUT2D eigenvalue weighted by Crippen LogP contribution is 2.35. The van der Waals surface area contributed by atoms with Crippen LogP contribution in [0, 0.1) is 20.2 Å². The molecule has 0 radical (unpaired) electrons. The fraction of sp³-hybridized carbons (Fsp3) is 0. The molecule has 10 heteroatoms. The third-order valence-electron chi connectivity index (χ3n) is 4.37. The molecule has 10 nitrogen and oxygen atoms in total. The van der Waals surface area contributed by atoms with Crippen molar-refractivity contribution in [3.63, 3.8) is 0 Å². The predicted octanol–water partition coefficient (Wildman–Crippen LogP) is 3.30. The van der Waals surface area contributed by atoms with Crippen molar-refractivity contribution in [3.05, 3.63) is 103 Å². The number of carbonyl (C=O) groups is 2. The summed E-state index contributed by atoms with van der Waals surface area (Å²) in [5.41, 5.74) is 0.0611. The first-order chi connectivity index (χ1) is 14.3. The third-order valence-corrected chi connectivity index (χ3v) is 4.37. The number of hydrogen-bond donors (Lipinski definition) is 0. The van der Waals surface area contributed by atoms with E-state index in [4.69, 9.17) is 9.47 Å². The minimum atomic E-state index is -0.819. The Balaban J connectivity index is 1.73. The fourth-order valence-electron chi connectivity index (χ4n) is 2.95. The molecule has 0 atom stereocenters. The molecule has 0 fully saturated rings. The van der Waals surface area contributed by atoms with Crippen LogP contribution in [0.3, 0.4) is 0 Å². The zero-order chi connectivity index (χ0) is 21.4. The normalized spacial score (nSPS) is 17.9. The van der Waals surface area contributed by atoms with E-state index in [1.165, 1.54) is 60.7 Å². The predicted molar refractivity (Wildman–Crippen MR) is 101 cm³/mol. The van der Waals surface area contributed by atoms with Crippen LogP contribution in [0.25, 0.3) is 11.5 Å². The van der Waals surface area contributed by atoms with Gasteiger partial charge in [0.05, 0.1) is 21.0 Å². The van der Waals surface area contributed by atoms with Crippen LogP contribution in [-0.4, -0.2) is 21.8 Å². The number of carbonyl (C=O) groups excluding carboxylic acids is 2. The molecule has 0 N–H and O–H groups in total. The summed E-state index contributed by atoms with van der Waals surface area (Å²) in [7, 11) is 0. The number of nitro groups is 2. The van der Waals surface area contributed by atoms with Crippen LogP contribution in [-0.2, 0) is 19.1 Å². The van der Waals surface area contributed by atoms with E-state index in [0.717, 1.165) is 0 Å². The van der Waals surface area contributed by atoms with Crippen molar-refractivity contribution in [2.75, 3.05) is 0 Å². The molecule has 148 valence electrons. The van der Waals surface area contributed by atoms with Gasteiger partial charge in [0.2, 0.25) is 0 Å². The topological polar surface area (TPSA) is 139 Å². The molecule has 2 aliphatic rings. The van der Waals surface area contributed by atoms with E-state index in [1.54, 1.807) is 0 Å². The molecule has 0 saturated heterocycles. The Morgan fingerprint density at radius 1 is 0.667 bits per heavy atom. The Hall–Kier alpha value is -4.60. The van der Waals surface area contributed by atoms with Crippen LogP contribution in [0.1, 0.15) is 11.1 Å². The third kappa shape index (κ3) is 3.33. The Morgan fingerprint density at radius 2 is 1.07 bits per heavy atom. The zero-order valence-corrected chi connectivity index (χ0v) is 14.9. The molecule has 0 aliphatic carbocycles. The number of benzene rings is 2. The molecule has 0 saturated carbocycles. The van der Waals surface area contributed by atoms with Crippen molar-refractivity contribution in [3.8, 4) is 0 Å². The number of esters is 2. The summed E-state index contributed by atoms with van der Waals surface area (Å²) in [6, 6.07) is 11.0. The molecule has 2 aromatic rings. The van der Waals surface area contributed by atoms with Gasteiger partial charge in [-0.2, -0.15) is 0 Å². The van der Waals surface area contributed by atoms with Gasteiger partial charge in [0.25, 0.3) is 11.4 Å². The summed E-state index contributed by atoms with van der Waals surface area (Å²) in [4.78, 5) is 45.3. The molecule has 30 heavy (non-hydrogen) atoms. The van der Waals surface area contributed by atoms with Gasteiger partial charge in [0.1, 0.15) is 11.5 Å². The minimum Gasteiger partial charge on any atom is -0.422 e. The van der Waals surface area contributed by atoms with Crippen LogP contribution in [0.4, 0.5) is 11.4 Å². The number of hydrogen-bond acceptors (Lipinski definition) is 8. The maximum absolute atomic E-state index is 12.3. The molecule has 2 aromatic carbocycles. The summed E-state index contributed by atoms with van der Waals surface area (Å²) in [6.07, 6.45) is 2.59. The van der Waals surface area contributed by atoms with Crippen molar-refractivity contribution in [2.24, 2.45) is 0 Å². The van der Waals surface area contributed by atoms with Crippen LogP contribution >= 0.6 is 0 Å². The summed E-state index contributed by atoms with van der Waals surface area (Å²) >= 11 is 0. The SMILES string of the molecule is O=C1OC(c2cccc([N+](=O)[O-])c2)=C/C1=C1\C=C(c2cccc([N+](=O)[O-])c2)OC1=O. The molecule has 0 bridgehead atoms. The maximum atomic E-state index is 12.3. The van der Waals surface area contributed by atoms with Crippen molar-refractivity contribution in [2.45, 2.75) is 0 Å². The summed E-state index contributed by atoms with van der Waals surface area (Å²) in [6.45, 7) is 0. The number of ether oxygens (including phenoxy) is 2. The van der Waals surface area contributed by atoms with Gasteiger partial charge in [-0.25, -0.2) is 9.59 Å². The minimum absolute atomic E-state index is 0.0520. The first kappa shape index (κ1) is 18.7. The lowest BCUT2D eigenvalue weighted by Gasteiger charge is -2.01. The lowest BCUT2D eigenvalue weighted by Crippen LogP contribution is -2.05. The lowest BCUT2D eigenvalue weighted by atomic mass is 10.1. The molecule has 0 aromatic heterocycles. The lowest BCUT2D eigenvalue weighted by molar-refractivity contribution is -0.385. The Bertz CT molecular complexity index is 1140. The number of non-ortho nitro benzene ring substituents is 2. The summed E-state index contributed by atoms with van der Waals surface area (Å²) in [5, 5.41) is 21.9. The average Bonchev–Trinajstić information content (AvgIpc) is 3.30. The number of nitrogens with zero attached hydrogens (tertiary/aromatic N) is 2. The zero-order valence-electron chi connectivity index (χ0n) is 14.9. The van der Waals surface area contributed by atoms with E-state index >= 15 is 0 Å². The van der Waals surface area contributed by atoms with Gasteiger partial charge >= 0.3 is 11.9 Å². The standard InChI is InChI=1S/C20H10N2O8/c23-19-15(9-17(29-19)11-3-1-5-13(7-11)21(25)26)16-10-18(30-20(16)24)12-4-2-6-14(8-12)22(27)28/h1-10H/b16-15-. The second-order valence-electron chi connectivity index (χ2n) is 6.24. The van der Waals surface area contributed by atoms with Gasteiger partial charge in [-0.3, -0.25) is 20.2 Å². The molecule has 2 aliphatic heterocycles. The Labute approximate surface area is 167 Å². The first-order valence-corrected chi connectivity index (χ1v) is 8.45. The van der Waals surface area contributed by atoms with E-state index in [1.807, 2.05) is 0 Å². The van der Waals surface area contributed by atoms with Gasteiger partial charge in [0.15, 0.2) is 0 Å². The quantitative estimate of drug-likeness (QED) is 0.326. The maximum Gasteiger partial charge on any atom is 0.344 e. The smallest absolute Gasteiger partial charge is 0.344 e. The molecule has 2 heterocycles. The highest BCUT2D eigenvalue weighted by molar-refractivity contribution is 6.12. The molecular formula is C20H10N2O8. The van der Waals surface area contributed by atoms with Crippen LogP contribution in [0.5, 0.6) is 0 Å². The molecule has 4 rings (SSSR count). The van der Waals surface area contributed by atoms with E-state index in [-0.39, 0.29) is 34.0 Å². The van der Waals surface area contributed by atoms with Crippen molar-refractivity contribution < 1.29 is 28.9 Å².